The number of halogens is 16. The monoisotopic (exact) mass is 742 g/mol. The minimum absolute atomic E-state index is 0.0918. The van der Waals surface area contributed by atoms with Crippen molar-refractivity contribution in [3.63, 3.8) is 0 Å². The van der Waals surface area contributed by atoms with Gasteiger partial charge in [-0.2, -0.15) is 0 Å². The molecule has 0 radical (unpaired) electrons. The largest absolute Gasteiger partial charge is 0.462 e. The predicted molar refractivity (Wildman–Crippen MR) is 136 cm³/mol. The molecular formula is C27H34F16O5. The Kier molecular flexibility index (Phi) is 17.5. The maximum Gasteiger partial charge on any atom is 0.330 e. The Morgan fingerprint density at radius 3 is 1.23 bits per heavy atom. The van der Waals surface area contributed by atoms with Gasteiger partial charge in [-0.3, -0.25) is 0 Å². The fourth-order valence-electron chi connectivity index (χ4n) is 3.83. The van der Waals surface area contributed by atoms with Crippen LogP contribution in [0.4, 0.5) is 70.2 Å². The smallest absolute Gasteiger partial charge is 0.330 e. The molecule has 0 saturated heterocycles. The van der Waals surface area contributed by atoms with E-state index in [-0.39, 0.29) is 13.8 Å². The first-order valence-corrected chi connectivity index (χ1v) is 13.3. The van der Waals surface area contributed by atoms with Crippen LogP contribution in [-0.4, -0.2) is 83.7 Å². The highest BCUT2D eigenvalue weighted by atomic mass is 19.3. The molecule has 0 aliphatic carbocycles. The van der Waals surface area contributed by atoms with Gasteiger partial charge in [0.05, 0.1) is 51.2 Å². The van der Waals surface area contributed by atoms with Gasteiger partial charge in [0.25, 0.3) is 47.4 Å². The molecule has 21 heteroatoms. The molecular weight excluding hydrogens is 708 g/mol. The second-order valence-corrected chi connectivity index (χ2v) is 11.2. The molecule has 0 bridgehead atoms. The van der Waals surface area contributed by atoms with E-state index in [0.717, 1.165) is 0 Å². The van der Waals surface area contributed by atoms with Crippen LogP contribution in [0.1, 0.15) is 65.2 Å². The van der Waals surface area contributed by atoms with Crippen LogP contribution in [0.15, 0.2) is 25.3 Å². The number of esters is 2. The summed E-state index contributed by atoms with van der Waals surface area (Å²) in [5.74, 6) is -36.7. The van der Waals surface area contributed by atoms with Crippen LogP contribution >= 0.6 is 0 Å². The minimum Gasteiger partial charge on any atom is -0.462 e. The number of rotatable bonds is 21. The summed E-state index contributed by atoms with van der Waals surface area (Å²) in [6.07, 6.45) is -17.5. The van der Waals surface area contributed by atoms with E-state index in [1.165, 1.54) is 0 Å². The van der Waals surface area contributed by atoms with Crippen molar-refractivity contribution in [3.05, 3.63) is 25.3 Å². The molecule has 0 aliphatic rings. The molecule has 0 saturated carbocycles. The Balaban J connectivity index is 0. The van der Waals surface area contributed by atoms with Gasteiger partial charge < -0.3 is 14.6 Å². The molecule has 1 unspecified atom stereocenters. The third-order valence-electron chi connectivity index (χ3n) is 5.20. The molecule has 0 spiro atoms. The highest BCUT2D eigenvalue weighted by Crippen LogP contribution is 2.44. The highest BCUT2D eigenvalue weighted by molar-refractivity contribution is 5.81. The second kappa shape index (κ2) is 17.8. The van der Waals surface area contributed by atoms with E-state index in [0.29, 0.717) is 12.2 Å². The fourth-order valence-corrected chi connectivity index (χ4v) is 3.83. The van der Waals surface area contributed by atoms with E-state index in [9.17, 15) is 84.9 Å². The molecule has 0 heterocycles. The molecule has 1 atom stereocenters. The summed E-state index contributed by atoms with van der Waals surface area (Å²) < 4.78 is 218. The van der Waals surface area contributed by atoms with Crippen LogP contribution in [0.3, 0.4) is 0 Å². The quantitative estimate of drug-likeness (QED) is 0.0723. The van der Waals surface area contributed by atoms with Gasteiger partial charge >= 0.3 is 11.9 Å². The Morgan fingerprint density at radius 2 is 0.875 bits per heavy atom. The van der Waals surface area contributed by atoms with Crippen molar-refractivity contribution in [2.45, 2.75) is 119 Å². The third kappa shape index (κ3) is 26.2. The van der Waals surface area contributed by atoms with Crippen LogP contribution < -0.4 is 0 Å². The number of aliphatic hydroxyl groups is 1. The van der Waals surface area contributed by atoms with E-state index in [2.05, 4.69) is 22.6 Å². The van der Waals surface area contributed by atoms with Crippen molar-refractivity contribution in [2.24, 2.45) is 0 Å². The zero-order valence-corrected chi connectivity index (χ0v) is 25.3. The van der Waals surface area contributed by atoms with Crippen molar-refractivity contribution in [3.8, 4) is 0 Å². The second-order valence-electron chi connectivity index (χ2n) is 11.2. The molecule has 0 amide bonds. The molecule has 1 N–H and O–H groups in total. The summed E-state index contributed by atoms with van der Waals surface area (Å²) in [6, 6.07) is 0. The number of carbonyl (C=O) groups excluding carboxylic acids is 2. The molecule has 0 aliphatic heterocycles. The summed E-state index contributed by atoms with van der Waals surface area (Å²) in [5.41, 5.74) is 0. The summed E-state index contributed by atoms with van der Waals surface area (Å²) in [4.78, 5) is 21.3. The summed E-state index contributed by atoms with van der Waals surface area (Å²) in [5, 5.41) is 9.23. The minimum atomic E-state index is -4.66. The normalized spacial score (nSPS) is 14.4. The van der Waals surface area contributed by atoms with Crippen LogP contribution in [0.5, 0.6) is 0 Å². The maximum absolute atomic E-state index is 13.5. The summed E-state index contributed by atoms with van der Waals surface area (Å²) >= 11 is 0. The Bertz CT molecular complexity index is 1040. The van der Waals surface area contributed by atoms with Gasteiger partial charge in [0.1, 0.15) is 6.61 Å². The third-order valence-corrected chi connectivity index (χ3v) is 5.20. The first-order valence-electron chi connectivity index (χ1n) is 13.3. The van der Waals surface area contributed by atoms with Crippen molar-refractivity contribution in [1.82, 2.24) is 0 Å². The first-order chi connectivity index (χ1) is 21.0. The van der Waals surface area contributed by atoms with Crippen LogP contribution in [0.25, 0.3) is 0 Å². The number of hydrogen-bond donors (Lipinski definition) is 1. The Hall–Kier alpha value is -2.74. The van der Waals surface area contributed by atoms with E-state index < -0.39 is 130 Å². The van der Waals surface area contributed by atoms with Gasteiger partial charge in [-0.15, -0.1) is 0 Å². The molecule has 5 nitrogen and oxygen atoms in total. The molecule has 0 aromatic carbocycles. The van der Waals surface area contributed by atoms with Crippen LogP contribution in [0.2, 0.25) is 0 Å². The lowest BCUT2D eigenvalue weighted by Gasteiger charge is -2.28. The van der Waals surface area contributed by atoms with Crippen molar-refractivity contribution in [2.75, 3.05) is 13.2 Å². The maximum atomic E-state index is 13.5. The molecule has 0 aromatic rings. The van der Waals surface area contributed by atoms with Gasteiger partial charge in [0.15, 0.2) is 0 Å². The summed E-state index contributed by atoms with van der Waals surface area (Å²) in [6.45, 7) is 4.32. The lowest BCUT2D eigenvalue weighted by atomic mass is 9.97. The predicted octanol–water partition coefficient (Wildman–Crippen LogP) is 9.04. The number of hydrogen-bond acceptors (Lipinski definition) is 5. The Morgan fingerprint density at radius 1 is 0.562 bits per heavy atom. The molecule has 48 heavy (non-hydrogen) atoms. The number of carbonyl (C=O) groups is 2. The van der Waals surface area contributed by atoms with E-state index in [4.69, 9.17) is 0 Å². The SMILES string of the molecule is C=CC(=O)OCC(O)CC(F)(F)CC(F)(F)CC(F)(F)CC(C)(F)F.C=CC(=O)OCCC(F)(F)CC(F)(F)CC(F)(F)CC(C)(F)F. The standard InChI is InChI=1S/C14H18F8O3.C13H16F8O2/c1-3-10(24)25-5-9(23)4-12(17,18)7-14(21,22)8-13(19,20)6-11(2,15)16;1-3-9(22)23-5-4-11(16,17)7-13(20,21)8-12(18,19)6-10(2,14)15/h3,9,23H,1,4-8H2,2H3;3H,1,4-8H2,2H3. The lowest BCUT2D eigenvalue weighted by Crippen LogP contribution is -2.39. The topological polar surface area (TPSA) is 72.8 Å². The van der Waals surface area contributed by atoms with Gasteiger partial charge in [0, 0.05) is 25.0 Å². The number of alkyl halides is 16. The molecule has 0 aromatic heterocycles. The zero-order valence-electron chi connectivity index (χ0n) is 25.3. The van der Waals surface area contributed by atoms with E-state index >= 15 is 0 Å². The summed E-state index contributed by atoms with van der Waals surface area (Å²) in [7, 11) is 0. The van der Waals surface area contributed by atoms with Crippen LogP contribution in [0, 0.1) is 0 Å². The first kappa shape index (κ1) is 47.4. The average Bonchev–Trinajstić information content (AvgIpc) is 2.75. The Labute approximate surface area is 264 Å². The van der Waals surface area contributed by atoms with Gasteiger partial charge in [-0.1, -0.05) is 13.2 Å². The number of ether oxygens (including phenoxy) is 2. The van der Waals surface area contributed by atoms with Crippen molar-refractivity contribution < 1.29 is 94.4 Å². The van der Waals surface area contributed by atoms with Gasteiger partial charge in [-0.05, 0) is 13.8 Å². The average molecular weight is 743 g/mol. The molecule has 284 valence electrons. The molecule has 0 rings (SSSR count). The van der Waals surface area contributed by atoms with Gasteiger partial charge in [-0.25, -0.2) is 79.8 Å². The number of aliphatic hydroxyl groups excluding tert-OH is 1. The van der Waals surface area contributed by atoms with E-state index in [1.54, 1.807) is 0 Å². The van der Waals surface area contributed by atoms with Crippen molar-refractivity contribution in [1.29, 1.82) is 0 Å². The lowest BCUT2D eigenvalue weighted by molar-refractivity contribution is -0.184. The van der Waals surface area contributed by atoms with E-state index in [1.807, 2.05) is 0 Å². The fraction of sp³-hybridized carbons (Fsp3) is 0.778. The van der Waals surface area contributed by atoms with Crippen LogP contribution in [-0.2, 0) is 19.1 Å². The zero-order chi connectivity index (χ0) is 38.6. The highest BCUT2D eigenvalue weighted by Gasteiger charge is 2.53. The van der Waals surface area contributed by atoms with Gasteiger partial charge in [0.2, 0.25) is 0 Å². The van der Waals surface area contributed by atoms with Crippen molar-refractivity contribution >= 4 is 11.9 Å². The molecule has 0 fully saturated rings.